The number of aromatic nitrogens is 1. The molecule has 2 aromatic carbocycles. The van der Waals surface area contributed by atoms with Gasteiger partial charge in [0.1, 0.15) is 0 Å². The molecule has 0 radical (unpaired) electrons. The van der Waals surface area contributed by atoms with Crippen LogP contribution < -0.4 is 0 Å². The van der Waals surface area contributed by atoms with Gasteiger partial charge in [0.2, 0.25) is 0 Å². The Hall–Kier alpha value is -2.55. The van der Waals surface area contributed by atoms with Gasteiger partial charge in [-0.05, 0) is 31.0 Å². The van der Waals surface area contributed by atoms with Gasteiger partial charge in [-0.25, -0.2) is 0 Å². The van der Waals surface area contributed by atoms with E-state index in [1.54, 1.807) is 6.21 Å². The topological polar surface area (TPSA) is 48.4 Å². The molecule has 0 saturated heterocycles. The normalized spacial score (nSPS) is 11.5. The van der Waals surface area contributed by atoms with E-state index in [-0.39, 0.29) is 5.88 Å². The molecule has 3 rings (SSSR count). The van der Waals surface area contributed by atoms with Crippen molar-refractivity contribution in [3.63, 3.8) is 0 Å². The molecule has 0 fully saturated rings. The lowest BCUT2D eigenvalue weighted by molar-refractivity contribution is 0.457. The molecule has 21 heavy (non-hydrogen) atoms. The van der Waals surface area contributed by atoms with Gasteiger partial charge >= 0.3 is 0 Å². The van der Waals surface area contributed by atoms with Crippen molar-refractivity contribution < 1.29 is 5.11 Å². The van der Waals surface area contributed by atoms with E-state index >= 15 is 0 Å². The molecular weight excluding hydrogens is 260 g/mol. The molecule has 3 heteroatoms. The number of aliphatic imine (C=N–C) groups is 1. The number of benzene rings is 2. The summed E-state index contributed by atoms with van der Waals surface area (Å²) in [4.78, 5) is 7.42. The zero-order valence-corrected chi connectivity index (χ0v) is 12.0. The molecule has 2 N–H and O–H groups in total. The van der Waals surface area contributed by atoms with E-state index in [0.717, 1.165) is 22.9 Å². The monoisotopic (exact) mass is 278 g/mol. The lowest BCUT2D eigenvalue weighted by atomic mass is 10.1. The van der Waals surface area contributed by atoms with Gasteiger partial charge in [-0.1, -0.05) is 42.0 Å². The van der Waals surface area contributed by atoms with Gasteiger partial charge in [-0.15, -0.1) is 0 Å². The smallest absolute Gasteiger partial charge is 0.198 e. The number of fused-ring (bicyclic) bond motifs is 1. The lowest BCUT2D eigenvalue weighted by Gasteiger charge is -1.97. The lowest BCUT2D eigenvalue weighted by Crippen LogP contribution is -1.90. The van der Waals surface area contributed by atoms with Gasteiger partial charge < -0.3 is 10.1 Å². The second-order valence-corrected chi connectivity index (χ2v) is 5.21. The van der Waals surface area contributed by atoms with Crippen LogP contribution in [0.4, 0.5) is 0 Å². The van der Waals surface area contributed by atoms with Crippen molar-refractivity contribution in [3.8, 4) is 5.88 Å². The Bertz CT molecular complexity index is 773. The number of aromatic amines is 1. The molecule has 3 aromatic rings. The van der Waals surface area contributed by atoms with Crippen LogP contribution in [-0.2, 0) is 6.42 Å². The molecule has 3 nitrogen and oxygen atoms in total. The summed E-state index contributed by atoms with van der Waals surface area (Å²) in [6.07, 6.45) is 2.66. The third-order valence-electron chi connectivity index (χ3n) is 3.57. The Kier molecular flexibility index (Phi) is 3.73. The van der Waals surface area contributed by atoms with E-state index in [1.165, 1.54) is 11.1 Å². The molecule has 0 amide bonds. The summed E-state index contributed by atoms with van der Waals surface area (Å²) in [5.74, 6) is 0.180. The molecule has 0 aliphatic rings. The number of hydrogen-bond donors (Lipinski definition) is 2. The number of aromatic hydroxyl groups is 1. The Labute approximate surface area is 124 Å². The van der Waals surface area contributed by atoms with E-state index in [4.69, 9.17) is 0 Å². The molecule has 106 valence electrons. The van der Waals surface area contributed by atoms with Crippen LogP contribution in [-0.4, -0.2) is 22.8 Å². The highest BCUT2D eigenvalue weighted by Crippen LogP contribution is 2.26. The minimum atomic E-state index is 0.180. The van der Waals surface area contributed by atoms with Crippen molar-refractivity contribution in [2.24, 2.45) is 4.99 Å². The predicted octanol–water partition coefficient (Wildman–Crippen LogP) is 3.84. The Morgan fingerprint density at radius 3 is 2.76 bits per heavy atom. The van der Waals surface area contributed by atoms with Gasteiger partial charge in [-0.3, -0.25) is 4.99 Å². The first-order chi connectivity index (χ1) is 10.2. The highest BCUT2D eigenvalue weighted by molar-refractivity contribution is 6.02. The SMILES string of the molecule is Cc1ccc2[nH]c(O)c(C=NCCc3ccccc3)c2c1. The number of aryl methyl sites for hydroxylation is 1. The third-order valence-corrected chi connectivity index (χ3v) is 3.57. The summed E-state index contributed by atoms with van der Waals surface area (Å²) in [5.41, 5.74) is 4.14. The molecule has 1 heterocycles. The maximum Gasteiger partial charge on any atom is 0.198 e. The van der Waals surface area contributed by atoms with Crippen molar-refractivity contribution in [1.29, 1.82) is 0 Å². The first kappa shape index (κ1) is 13.4. The minimum absolute atomic E-state index is 0.180. The van der Waals surface area contributed by atoms with Crippen LogP contribution in [0.15, 0.2) is 53.5 Å². The molecular formula is C18H18N2O. The van der Waals surface area contributed by atoms with Crippen LogP contribution in [0, 0.1) is 6.92 Å². The molecule has 0 atom stereocenters. The average Bonchev–Trinajstić information content (AvgIpc) is 2.80. The summed E-state index contributed by atoms with van der Waals surface area (Å²) >= 11 is 0. The van der Waals surface area contributed by atoms with Gasteiger partial charge in [0.15, 0.2) is 5.88 Å². The molecule has 1 aromatic heterocycles. The van der Waals surface area contributed by atoms with Gasteiger partial charge in [-0.2, -0.15) is 0 Å². The molecule has 0 saturated carbocycles. The Balaban J connectivity index is 1.76. The van der Waals surface area contributed by atoms with E-state index in [0.29, 0.717) is 6.54 Å². The van der Waals surface area contributed by atoms with Crippen LogP contribution in [0.5, 0.6) is 5.88 Å². The van der Waals surface area contributed by atoms with E-state index < -0.39 is 0 Å². The number of H-pyrrole nitrogens is 1. The fraction of sp³-hybridized carbons (Fsp3) is 0.167. The average molecular weight is 278 g/mol. The second kappa shape index (κ2) is 5.83. The van der Waals surface area contributed by atoms with Crippen LogP contribution in [0.25, 0.3) is 10.9 Å². The van der Waals surface area contributed by atoms with Crippen molar-refractivity contribution in [1.82, 2.24) is 4.98 Å². The highest BCUT2D eigenvalue weighted by atomic mass is 16.3. The third kappa shape index (κ3) is 2.97. The number of rotatable bonds is 4. The quantitative estimate of drug-likeness (QED) is 0.700. The fourth-order valence-corrected chi connectivity index (χ4v) is 2.44. The van der Waals surface area contributed by atoms with Crippen LogP contribution >= 0.6 is 0 Å². The van der Waals surface area contributed by atoms with E-state index in [2.05, 4.69) is 28.2 Å². The van der Waals surface area contributed by atoms with Crippen LogP contribution in [0.2, 0.25) is 0 Å². The molecule has 0 aliphatic carbocycles. The summed E-state index contributed by atoms with van der Waals surface area (Å²) in [6.45, 7) is 2.75. The zero-order valence-electron chi connectivity index (χ0n) is 12.0. The Morgan fingerprint density at radius 2 is 1.95 bits per heavy atom. The first-order valence-electron chi connectivity index (χ1n) is 7.09. The molecule has 0 aliphatic heterocycles. The van der Waals surface area contributed by atoms with E-state index in [9.17, 15) is 5.11 Å². The zero-order chi connectivity index (χ0) is 14.7. The predicted molar refractivity (Wildman–Crippen MR) is 87.3 cm³/mol. The summed E-state index contributed by atoms with van der Waals surface area (Å²) < 4.78 is 0. The highest BCUT2D eigenvalue weighted by Gasteiger charge is 2.08. The van der Waals surface area contributed by atoms with Crippen molar-refractivity contribution in [2.45, 2.75) is 13.3 Å². The minimum Gasteiger partial charge on any atom is -0.494 e. The number of nitrogens with zero attached hydrogens (tertiary/aromatic N) is 1. The fourth-order valence-electron chi connectivity index (χ4n) is 2.44. The van der Waals surface area contributed by atoms with Gasteiger partial charge in [0.05, 0.1) is 5.56 Å². The van der Waals surface area contributed by atoms with Crippen LogP contribution in [0.1, 0.15) is 16.7 Å². The van der Waals surface area contributed by atoms with Gasteiger partial charge in [0, 0.05) is 23.7 Å². The maximum absolute atomic E-state index is 9.99. The molecule has 0 unspecified atom stereocenters. The van der Waals surface area contributed by atoms with Gasteiger partial charge in [0.25, 0.3) is 0 Å². The van der Waals surface area contributed by atoms with E-state index in [1.807, 2.05) is 37.3 Å². The van der Waals surface area contributed by atoms with Crippen molar-refractivity contribution >= 4 is 17.1 Å². The summed E-state index contributed by atoms with van der Waals surface area (Å²) in [5, 5.41) is 11.0. The summed E-state index contributed by atoms with van der Waals surface area (Å²) in [7, 11) is 0. The molecule has 0 bridgehead atoms. The van der Waals surface area contributed by atoms with Crippen molar-refractivity contribution in [3.05, 3.63) is 65.2 Å². The first-order valence-corrected chi connectivity index (χ1v) is 7.09. The second-order valence-electron chi connectivity index (χ2n) is 5.21. The maximum atomic E-state index is 9.99. The largest absolute Gasteiger partial charge is 0.494 e. The van der Waals surface area contributed by atoms with Crippen molar-refractivity contribution in [2.75, 3.05) is 6.54 Å². The number of nitrogens with one attached hydrogen (secondary N) is 1. The number of hydrogen-bond acceptors (Lipinski definition) is 2. The summed E-state index contributed by atoms with van der Waals surface area (Å²) in [6, 6.07) is 16.3. The Morgan fingerprint density at radius 1 is 1.14 bits per heavy atom. The van der Waals surface area contributed by atoms with Crippen LogP contribution in [0.3, 0.4) is 0 Å². The standard InChI is InChI=1S/C18H18N2O/c1-13-7-8-17-15(11-13)16(18(21)20-17)12-19-10-9-14-5-3-2-4-6-14/h2-8,11-12,20-21H,9-10H2,1H3. The molecule has 0 spiro atoms.